The quantitative estimate of drug-likeness (QED) is 0.638. The lowest BCUT2D eigenvalue weighted by atomic mass is 10.2. The highest BCUT2D eigenvalue weighted by molar-refractivity contribution is 5.11. The van der Waals surface area contributed by atoms with Gasteiger partial charge in [-0.25, -0.2) is 14.7 Å². The molecule has 1 aliphatic rings. The van der Waals surface area contributed by atoms with Gasteiger partial charge in [-0.1, -0.05) is 0 Å². The Kier molecular flexibility index (Phi) is 5.39. The van der Waals surface area contributed by atoms with Gasteiger partial charge in [-0.2, -0.15) is 26.3 Å². The van der Waals surface area contributed by atoms with Crippen molar-refractivity contribution >= 4 is 0 Å². The van der Waals surface area contributed by atoms with Crippen molar-refractivity contribution in [2.45, 2.75) is 18.2 Å². The molecule has 0 amide bonds. The van der Waals surface area contributed by atoms with Crippen LogP contribution in [0.5, 0.6) is 0 Å². The summed E-state index contributed by atoms with van der Waals surface area (Å²) in [5.41, 5.74) is 5.62. The molecule has 0 aromatic carbocycles. The highest BCUT2D eigenvalue weighted by Crippen LogP contribution is 2.14. The van der Waals surface area contributed by atoms with Crippen LogP contribution in [-0.4, -0.2) is 53.0 Å². The summed E-state index contributed by atoms with van der Waals surface area (Å²) in [6, 6.07) is 7.03. The van der Waals surface area contributed by atoms with Crippen molar-refractivity contribution in [1.82, 2.24) is 14.7 Å². The summed E-state index contributed by atoms with van der Waals surface area (Å²) >= 11 is 0. The minimum Gasteiger partial charge on any atom is -0.304 e. The summed E-state index contributed by atoms with van der Waals surface area (Å²) in [5, 5.41) is 44.5. The van der Waals surface area contributed by atoms with Crippen LogP contribution in [-0.2, 0) is 0 Å². The first-order chi connectivity index (χ1) is 9.60. The second-order valence-corrected chi connectivity index (χ2v) is 4.09. The summed E-state index contributed by atoms with van der Waals surface area (Å²) in [4.78, 5) is 4.37. The van der Waals surface area contributed by atoms with Crippen molar-refractivity contribution in [3.05, 3.63) is 0 Å². The van der Waals surface area contributed by atoms with Crippen LogP contribution < -0.4 is 5.73 Å². The highest BCUT2D eigenvalue weighted by atomic mass is 15.5. The predicted octanol–water partition coefficient (Wildman–Crippen LogP) is -1.58. The first-order valence-electron chi connectivity index (χ1n) is 5.57. The molecule has 2 N–H and O–H groups in total. The van der Waals surface area contributed by atoms with Gasteiger partial charge in [-0.05, 0) is 0 Å². The van der Waals surface area contributed by atoms with Gasteiger partial charge in [0.2, 0.25) is 0 Å². The SMILES string of the molecule is N#CC(N)N1CN(C(C#N)C#N)CN(C(C#N)C#N)C1. The van der Waals surface area contributed by atoms with Gasteiger partial charge >= 0.3 is 0 Å². The van der Waals surface area contributed by atoms with Gasteiger partial charge in [-0.3, -0.25) is 0 Å². The zero-order valence-electron chi connectivity index (χ0n) is 10.5. The van der Waals surface area contributed by atoms with E-state index in [0.717, 1.165) is 0 Å². The minimum atomic E-state index is -1.04. The largest absolute Gasteiger partial charge is 0.304 e. The van der Waals surface area contributed by atoms with Crippen LogP contribution >= 0.6 is 0 Å². The molecule has 0 saturated carbocycles. The van der Waals surface area contributed by atoms with E-state index in [2.05, 4.69) is 0 Å². The number of hydrogen-bond acceptors (Lipinski definition) is 9. The minimum absolute atomic E-state index is 0.103. The predicted molar refractivity (Wildman–Crippen MR) is 63.7 cm³/mol. The Morgan fingerprint density at radius 1 is 0.650 bits per heavy atom. The average Bonchev–Trinajstić information content (AvgIpc) is 2.49. The van der Waals surface area contributed by atoms with Crippen LogP contribution in [0.3, 0.4) is 0 Å². The van der Waals surface area contributed by atoms with E-state index in [-0.39, 0.29) is 20.0 Å². The Morgan fingerprint density at radius 3 is 1.30 bits per heavy atom. The lowest BCUT2D eigenvalue weighted by Crippen LogP contribution is -2.62. The van der Waals surface area contributed by atoms with E-state index >= 15 is 0 Å². The molecular formula is C11H11N9. The van der Waals surface area contributed by atoms with Gasteiger partial charge in [0, 0.05) is 0 Å². The Hall–Kier alpha value is -2.71. The fourth-order valence-electron chi connectivity index (χ4n) is 1.80. The lowest BCUT2D eigenvalue weighted by molar-refractivity contribution is -0.0459. The summed E-state index contributed by atoms with van der Waals surface area (Å²) in [7, 11) is 0. The molecule has 1 atom stereocenters. The molecule has 0 spiro atoms. The van der Waals surface area contributed by atoms with Crippen molar-refractivity contribution in [1.29, 1.82) is 26.3 Å². The van der Waals surface area contributed by atoms with E-state index in [1.165, 1.54) is 14.7 Å². The van der Waals surface area contributed by atoms with Crippen molar-refractivity contribution in [3.8, 4) is 30.3 Å². The van der Waals surface area contributed by atoms with Crippen molar-refractivity contribution < 1.29 is 0 Å². The normalized spacial score (nSPS) is 18.5. The van der Waals surface area contributed by atoms with Crippen LogP contribution in [0.1, 0.15) is 0 Å². The highest BCUT2D eigenvalue weighted by Gasteiger charge is 2.34. The second-order valence-electron chi connectivity index (χ2n) is 4.09. The maximum absolute atomic E-state index is 8.92. The Morgan fingerprint density at radius 2 is 1.00 bits per heavy atom. The van der Waals surface area contributed by atoms with Crippen LogP contribution in [0.2, 0.25) is 0 Å². The number of nitrogens with two attached hydrogens (primary N) is 1. The molecule has 1 heterocycles. The van der Waals surface area contributed by atoms with Crippen molar-refractivity contribution in [3.63, 3.8) is 0 Å². The van der Waals surface area contributed by atoms with E-state index < -0.39 is 18.2 Å². The summed E-state index contributed by atoms with van der Waals surface area (Å²) in [5.74, 6) is 0. The van der Waals surface area contributed by atoms with Gasteiger partial charge in [0.1, 0.15) is 6.17 Å². The van der Waals surface area contributed by atoms with Crippen LogP contribution in [0, 0.1) is 56.7 Å². The molecule has 20 heavy (non-hydrogen) atoms. The fraction of sp³-hybridized carbons (Fsp3) is 0.545. The van der Waals surface area contributed by atoms with E-state index in [0.29, 0.717) is 0 Å². The average molecular weight is 269 g/mol. The third-order valence-electron chi connectivity index (χ3n) is 2.83. The molecule has 1 aliphatic heterocycles. The van der Waals surface area contributed by atoms with Gasteiger partial charge in [0.25, 0.3) is 0 Å². The molecule has 0 aromatic heterocycles. The maximum Gasteiger partial charge on any atom is 0.188 e. The van der Waals surface area contributed by atoms with Gasteiger partial charge < -0.3 is 5.73 Å². The lowest BCUT2D eigenvalue weighted by Gasteiger charge is -2.43. The Balaban J connectivity index is 2.99. The third kappa shape index (κ3) is 3.19. The van der Waals surface area contributed by atoms with Crippen LogP contribution in [0.25, 0.3) is 0 Å². The molecule has 1 rings (SSSR count). The molecule has 1 fully saturated rings. The molecule has 0 bridgehead atoms. The molecule has 0 aromatic rings. The van der Waals surface area contributed by atoms with Crippen LogP contribution in [0.4, 0.5) is 0 Å². The molecule has 0 radical (unpaired) electrons. The van der Waals surface area contributed by atoms with E-state index in [1.54, 1.807) is 0 Å². The van der Waals surface area contributed by atoms with Crippen molar-refractivity contribution in [2.75, 3.05) is 20.0 Å². The summed E-state index contributed by atoms with van der Waals surface area (Å²) < 4.78 is 0. The first kappa shape index (κ1) is 15.3. The molecular weight excluding hydrogens is 258 g/mol. The Labute approximate surface area is 116 Å². The zero-order valence-corrected chi connectivity index (χ0v) is 10.5. The van der Waals surface area contributed by atoms with Gasteiger partial charge in [0.05, 0.1) is 50.4 Å². The monoisotopic (exact) mass is 269 g/mol. The van der Waals surface area contributed by atoms with E-state index in [1.807, 2.05) is 30.3 Å². The maximum atomic E-state index is 8.92. The molecule has 1 saturated heterocycles. The first-order valence-corrected chi connectivity index (χ1v) is 5.57. The molecule has 9 heteroatoms. The summed E-state index contributed by atoms with van der Waals surface area (Å²) in [6.45, 7) is 0.382. The number of hydrogen-bond donors (Lipinski definition) is 1. The second kappa shape index (κ2) is 7.02. The topological polar surface area (TPSA) is 155 Å². The zero-order chi connectivity index (χ0) is 15.1. The Bertz CT molecular complexity index is 483. The smallest absolute Gasteiger partial charge is 0.188 e. The van der Waals surface area contributed by atoms with Crippen molar-refractivity contribution in [2.24, 2.45) is 5.73 Å². The standard InChI is InChI=1S/C11H11N9/c12-1-9(2-13)18-6-19(10(3-14)4-15)8-20(7-18)11(17)5-16/h9-11H,6-8,17H2. The number of nitrogens with zero attached hydrogens (tertiary/aromatic N) is 8. The van der Waals surface area contributed by atoms with Gasteiger partial charge in [0.15, 0.2) is 12.1 Å². The summed E-state index contributed by atoms with van der Waals surface area (Å²) in [6.07, 6.45) is -0.948. The van der Waals surface area contributed by atoms with Gasteiger partial charge in [-0.15, -0.1) is 0 Å². The molecule has 100 valence electrons. The van der Waals surface area contributed by atoms with E-state index in [9.17, 15) is 0 Å². The van der Waals surface area contributed by atoms with E-state index in [4.69, 9.17) is 32.0 Å². The molecule has 1 unspecified atom stereocenters. The molecule has 9 nitrogen and oxygen atoms in total. The third-order valence-corrected chi connectivity index (χ3v) is 2.83. The molecule has 0 aliphatic carbocycles. The van der Waals surface area contributed by atoms with Crippen LogP contribution in [0.15, 0.2) is 0 Å². The fourth-order valence-corrected chi connectivity index (χ4v) is 1.80. The number of rotatable bonds is 3. The number of nitriles is 5.